The van der Waals surface area contributed by atoms with Gasteiger partial charge < -0.3 is 14.2 Å². The molecule has 160 valence electrons. The third kappa shape index (κ3) is 4.10. The summed E-state index contributed by atoms with van der Waals surface area (Å²) in [5.41, 5.74) is 3.21. The minimum absolute atomic E-state index is 0.0446. The molecule has 2 heterocycles. The lowest BCUT2D eigenvalue weighted by Gasteiger charge is -2.09. The van der Waals surface area contributed by atoms with E-state index in [0.717, 1.165) is 21.9 Å². The third-order valence-corrected chi connectivity index (χ3v) is 6.17. The second-order valence-corrected chi connectivity index (χ2v) is 8.94. The van der Waals surface area contributed by atoms with Crippen molar-refractivity contribution in [3.63, 3.8) is 0 Å². The van der Waals surface area contributed by atoms with Crippen LogP contribution < -0.4 is 16.1 Å². The van der Waals surface area contributed by atoms with Crippen LogP contribution in [0.3, 0.4) is 0 Å². The Balaban J connectivity index is 1.54. The normalized spacial score (nSPS) is 11.8. The van der Waals surface area contributed by atoms with Crippen LogP contribution in [0.2, 0.25) is 0 Å². The number of carbonyl (C=O) groups excluding carboxylic acids is 1. The molecule has 0 unspecified atom stereocenters. The van der Waals surface area contributed by atoms with E-state index in [2.05, 4.69) is 5.32 Å². The zero-order valence-corrected chi connectivity index (χ0v) is 17.7. The van der Waals surface area contributed by atoms with E-state index in [1.807, 2.05) is 19.9 Å². The van der Waals surface area contributed by atoms with Crippen LogP contribution in [0.15, 0.2) is 61.2 Å². The van der Waals surface area contributed by atoms with Gasteiger partial charge in [-0.25, -0.2) is 18.4 Å². The van der Waals surface area contributed by atoms with Gasteiger partial charge in [0, 0.05) is 34.5 Å². The van der Waals surface area contributed by atoms with Gasteiger partial charge in [0.2, 0.25) is 15.9 Å². The molecule has 8 nitrogen and oxygen atoms in total. The molecule has 0 saturated carbocycles. The van der Waals surface area contributed by atoms with E-state index in [1.165, 1.54) is 24.3 Å². The number of aryl methyl sites for hydroxylation is 2. The van der Waals surface area contributed by atoms with Gasteiger partial charge in [0.1, 0.15) is 11.2 Å². The minimum atomic E-state index is -3.80. The van der Waals surface area contributed by atoms with E-state index in [9.17, 15) is 18.0 Å². The van der Waals surface area contributed by atoms with Crippen molar-refractivity contribution in [2.75, 3.05) is 5.32 Å². The fraction of sp³-hybridized carbons (Fsp3) is 0.182. The van der Waals surface area contributed by atoms with Crippen molar-refractivity contribution in [3.05, 3.63) is 69.8 Å². The van der Waals surface area contributed by atoms with Crippen molar-refractivity contribution in [1.82, 2.24) is 0 Å². The van der Waals surface area contributed by atoms with Crippen LogP contribution in [-0.4, -0.2) is 14.3 Å². The first-order chi connectivity index (χ1) is 14.6. The number of benzene rings is 2. The molecule has 9 heteroatoms. The summed E-state index contributed by atoms with van der Waals surface area (Å²) in [6.07, 6.45) is 1.91. The Labute approximate surface area is 177 Å². The van der Waals surface area contributed by atoms with Crippen molar-refractivity contribution in [1.29, 1.82) is 0 Å². The summed E-state index contributed by atoms with van der Waals surface area (Å²) < 4.78 is 33.6. The first-order valence-corrected chi connectivity index (χ1v) is 11.0. The zero-order valence-electron chi connectivity index (χ0n) is 16.9. The molecule has 4 rings (SSSR count). The lowest BCUT2D eigenvalue weighted by molar-refractivity contribution is -0.116. The van der Waals surface area contributed by atoms with E-state index in [4.69, 9.17) is 14.0 Å². The average molecular weight is 440 g/mol. The molecule has 0 atom stereocenters. The Bertz CT molecular complexity index is 1480. The quantitative estimate of drug-likeness (QED) is 0.457. The second kappa shape index (κ2) is 7.68. The summed E-state index contributed by atoms with van der Waals surface area (Å²) in [5.74, 6) is -0.316. The predicted molar refractivity (Wildman–Crippen MR) is 116 cm³/mol. The molecule has 0 fully saturated rings. The lowest BCUT2D eigenvalue weighted by atomic mass is 10.0. The predicted octanol–water partition coefficient (Wildman–Crippen LogP) is 3.37. The highest BCUT2D eigenvalue weighted by atomic mass is 32.2. The lowest BCUT2D eigenvalue weighted by Crippen LogP contribution is -2.17. The maximum absolute atomic E-state index is 12.5. The van der Waals surface area contributed by atoms with Gasteiger partial charge in [0.15, 0.2) is 0 Å². The maximum atomic E-state index is 12.5. The summed E-state index contributed by atoms with van der Waals surface area (Å²) in [6, 6.07) is 9.15. The van der Waals surface area contributed by atoms with E-state index in [-0.39, 0.29) is 23.6 Å². The molecule has 0 radical (unpaired) electrons. The topological polar surface area (TPSA) is 133 Å². The van der Waals surface area contributed by atoms with Gasteiger partial charge in [0.05, 0.1) is 11.2 Å². The van der Waals surface area contributed by atoms with Crippen molar-refractivity contribution in [3.8, 4) is 0 Å². The molecule has 0 aliphatic heterocycles. The number of hydrogen-bond acceptors (Lipinski definition) is 6. The monoisotopic (exact) mass is 440 g/mol. The van der Waals surface area contributed by atoms with Crippen molar-refractivity contribution in [2.45, 2.75) is 31.6 Å². The second-order valence-electron chi connectivity index (χ2n) is 7.37. The van der Waals surface area contributed by atoms with Crippen LogP contribution in [0.25, 0.3) is 21.9 Å². The Morgan fingerprint density at radius 1 is 1.06 bits per heavy atom. The molecular weight excluding hydrogens is 420 g/mol. The summed E-state index contributed by atoms with van der Waals surface area (Å²) in [4.78, 5) is 24.8. The average Bonchev–Trinajstić information content (AvgIpc) is 3.06. The molecule has 0 saturated heterocycles. The van der Waals surface area contributed by atoms with E-state index < -0.39 is 15.6 Å². The maximum Gasteiger partial charge on any atom is 0.339 e. The van der Waals surface area contributed by atoms with Crippen molar-refractivity contribution < 1.29 is 22.0 Å². The van der Waals surface area contributed by atoms with Gasteiger partial charge in [-0.1, -0.05) is 0 Å². The van der Waals surface area contributed by atoms with Crippen LogP contribution in [0.4, 0.5) is 5.69 Å². The van der Waals surface area contributed by atoms with Gasteiger partial charge >= 0.3 is 5.63 Å². The van der Waals surface area contributed by atoms with Crippen molar-refractivity contribution in [2.24, 2.45) is 5.14 Å². The fourth-order valence-electron chi connectivity index (χ4n) is 3.52. The fourth-order valence-corrected chi connectivity index (χ4v) is 4.03. The Morgan fingerprint density at radius 3 is 2.45 bits per heavy atom. The molecule has 2 aromatic heterocycles. The number of fused-ring (bicyclic) bond motifs is 2. The highest BCUT2D eigenvalue weighted by Gasteiger charge is 2.16. The number of anilines is 1. The number of rotatable bonds is 5. The van der Waals surface area contributed by atoms with Gasteiger partial charge in [0.25, 0.3) is 0 Å². The third-order valence-electron chi connectivity index (χ3n) is 5.24. The molecule has 4 aromatic rings. The van der Waals surface area contributed by atoms with Crippen molar-refractivity contribution >= 4 is 43.6 Å². The first-order valence-electron chi connectivity index (χ1n) is 9.50. The molecule has 31 heavy (non-hydrogen) atoms. The molecule has 0 aliphatic carbocycles. The number of furan rings is 1. The minimum Gasteiger partial charge on any atom is -0.464 e. The van der Waals surface area contributed by atoms with Gasteiger partial charge in [-0.05, 0) is 61.7 Å². The highest BCUT2D eigenvalue weighted by molar-refractivity contribution is 7.89. The first kappa shape index (κ1) is 20.8. The van der Waals surface area contributed by atoms with Crippen LogP contribution in [0.5, 0.6) is 0 Å². The molecule has 2 aromatic carbocycles. The largest absolute Gasteiger partial charge is 0.464 e. The molecular formula is C22H20N2O6S. The zero-order chi connectivity index (χ0) is 22.3. The summed E-state index contributed by atoms with van der Waals surface area (Å²) in [6.45, 7) is 3.77. The Kier molecular flexibility index (Phi) is 5.16. The smallest absolute Gasteiger partial charge is 0.339 e. The number of hydrogen-bond donors (Lipinski definition) is 2. The Morgan fingerprint density at radius 2 is 1.77 bits per heavy atom. The standard InChI is InChI=1S/C22H20N2O6S/c1-12-11-29-19-10-20-18(9-17(12)19)13(2)16(22(26)30-20)7-8-21(25)24-14-3-5-15(6-4-14)31(23,27)28/h3-6,9-11H,7-8H2,1-2H3,(H,24,25)(H2,23,27,28). The van der Waals surface area contributed by atoms with E-state index in [1.54, 1.807) is 12.3 Å². The van der Waals surface area contributed by atoms with E-state index >= 15 is 0 Å². The van der Waals surface area contributed by atoms with Crippen LogP contribution >= 0.6 is 0 Å². The molecule has 1 amide bonds. The number of primary sulfonamides is 1. The molecule has 3 N–H and O–H groups in total. The number of nitrogens with one attached hydrogen (secondary N) is 1. The van der Waals surface area contributed by atoms with Gasteiger partial charge in [-0.2, -0.15) is 0 Å². The van der Waals surface area contributed by atoms with E-state index in [0.29, 0.717) is 22.4 Å². The van der Waals surface area contributed by atoms with Gasteiger partial charge in [-0.15, -0.1) is 0 Å². The Hall–Kier alpha value is -3.43. The summed E-state index contributed by atoms with van der Waals surface area (Å²) in [7, 11) is -3.80. The van der Waals surface area contributed by atoms with Crippen LogP contribution in [-0.2, 0) is 21.2 Å². The molecule has 0 aliphatic rings. The van der Waals surface area contributed by atoms with Crippen LogP contribution in [0, 0.1) is 13.8 Å². The number of carbonyl (C=O) groups is 1. The van der Waals surface area contributed by atoms with Crippen LogP contribution in [0.1, 0.15) is 23.1 Å². The molecule has 0 spiro atoms. The highest BCUT2D eigenvalue weighted by Crippen LogP contribution is 2.29. The SMILES string of the molecule is Cc1coc2cc3oc(=O)c(CCC(=O)Nc4ccc(S(N)(=O)=O)cc4)c(C)c3cc12. The summed E-state index contributed by atoms with van der Waals surface area (Å²) >= 11 is 0. The van der Waals surface area contributed by atoms with Gasteiger partial charge in [-0.3, -0.25) is 4.79 Å². The molecule has 0 bridgehead atoms. The number of sulfonamides is 1. The number of amides is 1. The summed E-state index contributed by atoms with van der Waals surface area (Å²) in [5, 5.41) is 9.47. The number of nitrogens with two attached hydrogens (primary N) is 1.